The third-order valence-corrected chi connectivity index (χ3v) is 4.82. The standard InChI is InChI=1S/C16H21BrClN3/c1-4-8-19-15(10-12-9-11(2)20-21(12)3)13-6-5-7-14(17)16(13)18/h5-7,9,15,19H,4,8,10H2,1-3H3. The van der Waals surface area contributed by atoms with Gasteiger partial charge in [-0.05, 0) is 53.5 Å². The van der Waals surface area contributed by atoms with Crippen molar-refractivity contribution in [3.05, 3.63) is 50.7 Å². The van der Waals surface area contributed by atoms with E-state index in [1.54, 1.807) is 0 Å². The molecule has 3 nitrogen and oxygen atoms in total. The lowest BCUT2D eigenvalue weighted by atomic mass is 10.0. The second kappa shape index (κ2) is 7.43. The Bertz CT molecular complexity index is 610. The Morgan fingerprint density at radius 3 is 2.81 bits per heavy atom. The van der Waals surface area contributed by atoms with Gasteiger partial charge in [0.25, 0.3) is 0 Å². The molecule has 21 heavy (non-hydrogen) atoms. The van der Waals surface area contributed by atoms with Crippen molar-refractivity contribution in [3.8, 4) is 0 Å². The van der Waals surface area contributed by atoms with Gasteiger partial charge in [0.05, 0.1) is 10.7 Å². The van der Waals surface area contributed by atoms with E-state index in [4.69, 9.17) is 11.6 Å². The topological polar surface area (TPSA) is 29.9 Å². The maximum Gasteiger partial charge on any atom is 0.0596 e. The van der Waals surface area contributed by atoms with Crippen LogP contribution >= 0.6 is 27.5 Å². The molecule has 1 atom stereocenters. The third-order valence-electron chi connectivity index (χ3n) is 3.51. The van der Waals surface area contributed by atoms with Gasteiger partial charge in [-0.15, -0.1) is 0 Å². The van der Waals surface area contributed by atoms with Crippen LogP contribution in [0.4, 0.5) is 0 Å². The van der Waals surface area contributed by atoms with E-state index in [2.05, 4.69) is 45.4 Å². The highest BCUT2D eigenvalue weighted by Crippen LogP contribution is 2.31. The van der Waals surface area contributed by atoms with Crippen molar-refractivity contribution in [1.82, 2.24) is 15.1 Å². The number of halogens is 2. The summed E-state index contributed by atoms with van der Waals surface area (Å²) >= 11 is 9.98. The van der Waals surface area contributed by atoms with Crippen LogP contribution in [0.25, 0.3) is 0 Å². The first-order valence-corrected chi connectivity index (χ1v) is 8.36. The molecule has 1 aromatic carbocycles. The minimum atomic E-state index is 0.185. The van der Waals surface area contributed by atoms with Crippen LogP contribution in [0, 0.1) is 6.92 Å². The van der Waals surface area contributed by atoms with Gasteiger partial charge >= 0.3 is 0 Å². The second-order valence-electron chi connectivity index (χ2n) is 5.25. The fourth-order valence-electron chi connectivity index (χ4n) is 2.46. The normalized spacial score (nSPS) is 12.6. The van der Waals surface area contributed by atoms with Crippen molar-refractivity contribution >= 4 is 27.5 Å². The van der Waals surface area contributed by atoms with Crippen molar-refractivity contribution in [1.29, 1.82) is 0 Å². The molecule has 1 heterocycles. The number of hydrogen-bond donors (Lipinski definition) is 1. The summed E-state index contributed by atoms with van der Waals surface area (Å²) in [7, 11) is 1.99. The molecule has 0 amide bonds. The van der Waals surface area contributed by atoms with Gasteiger partial charge in [0.1, 0.15) is 0 Å². The minimum absolute atomic E-state index is 0.185. The van der Waals surface area contributed by atoms with E-state index in [9.17, 15) is 0 Å². The highest BCUT2D eigenvalue weighted by atomic mass is 79.9. The van der Waals surface area contributed by atoms with Gasteiger partial charge in [-0.2, -0.15) is 5.10 Å². The summed E-state index contributed by atoms with van der Waals surface area (Å²) in [5, 5.41) is 8.80. The average Bonchev–Trinajstić information content (AvgIpc) is 2.76. The summed E-state index contributed by atoms with van der Waals surface area (Å²) in [5.74, 6) is 0. The molecule has 0 spiro atoms. The Morgan fingerprint density at radius 2 is 2.19 bits per heavy atom. The minimum Gasteiger partial charge on any atom is -0.310 e. The van der Waals surface area contributed by atoms with E-state index in [-0.39, 0.29) is 6.04 Å². The molecule has 1 unspecified atom stereocenters. The lowest BCUT2D eigenvalue weighted by molar-refractivity contribution is 0.512. The van der Waals surface area contributed by atoms with Crippen LogP contribution in [0.1, 0.15) is 36.3 Å². The average molecular weight is 371 g/mol. The van der Waals surface area contributed by atoms with E-state index in [0.717, 1.165) is 40.1 Å². The number of benzene rings is 1. The molecule has 0 saturated carbocycles. The number of rotatable bonds is 6. The number of aryl methyl sites for hydroxylation is 2. The van der Waals surface area contributed by atoms with Gasteiger partial charge in [0.2, 0.25) is 0 Å². The zero-order chi connectivity index (χ0) is 15.4. The van der Waals surface area contributed by atoms with Crippen LogP contribution in [-0.4, -0.2) is 16.3 Å². The van der Waals surface area contributed by atoms with Crippen LogP contribution in [0.3, 0.4) is 0 Å². The fourth-order valence-corrected chi connectivity index (χ4v) is 3.10. The summed E-state index contributed by atoms with van der Waals surface area (Å²) in [6, 6.07) is 8.40. The van der Waals surface area contributed by atoms with E-state index in [1.807, 2.05) is 30.8 Å². The van der Waals surface area contributed by atoms with E-state index in [1.165, 1.54) is 5.69 Å². The van der Waals surface area contributed by atoms with Gasteiger partial charge in [-0.3, -0.25) is 4.68 Å². The molecule has 0 saturated heterocycles. The lowest BCUT2D eigenvalue weighted by Gasteiger charge is -2.21. The van der Waals surface area contributed by atoms with E-state index >= 15 is 0 Å². The van der Waals surface area contributed by atoms with Gasteiger partial charge in [0, 0.05) is 29.7 Å². The van der Waals surface area contributed by atoms with Gasteiger partial charge in [-0.1, -0.05) is 30.7 Å². The molecule has 1 aromatic heterocycles. The molecular weight excluding hydrogens is 350 g/mol. The maximum atomic E-state index is 6.47. The Kier molecular flexibility index (Phi) is 5.85. The Labute approximate surface area is 139 Å². The highest BCUT2D eigenvalue weighted by Gasteiger charge is 2.18. The van der Waals surface area contributed by atoms with Crippen LogP contribution < -0.4 is 5.32 Å². The Morgan fingerprint density at radius 1 is 1.43 bits per heavy atom. The first-order chi connectivity index (χ1) is 10.0. The van der Waals surface area contributed by atoms with Crippen LogP contribution in [0.5, 0.6) is 0 Å². The number of aromatic nitrogens is 2. The van der Waals surface area contributed by atoms with Gasteiger partial charge < -0.3 is 5.32 Å². The van der Waals surface area contributed by atoms with Gasteiger partial charge in [-0.25, -0.2) is 0 Å². The molecular formula is C16H21BrClN3. The molecule has 1 N–H and O–H groups in total. The molecule has 0 aliphatic carbocycles. The summed E-state index contributed by atoms with van der Waals surface area (Å²) in [6.45, 7) is 5.15. The number of nitrogens with one attached hydrogen (secondary N) is 1. The largest absolute Gasteiger partial charge is 0.310 e. The van der Waals surface area contributed by atoms with Crippen LogP contribution in [-0.2, 0) is 13.5 Å². The highest BCUT2D eigenvalue weighted by molar-refractivity contribution is 9.10. The lowest BCUT2D eigenvalue weighted by Crippen LogP contribution is -2.25. The molecule has 0 radical (unpaired) electrons. The van der Waals surface area contributed by atoms with Crippen molar-refractivity contribution in [2.45, 2.75) is 32.7 Å². The SMILES string of the molecule is CCCNC(Cc1cc(C)nn1C)c1cccc(Br)c1Cl. The van der Waals surface area contributed by atoms with Crippen molar-refractivity contribution in [2.75, 3.05) is 6.54 Å². The summed E-state index contributed by atoms with van der Waals surface area (Å²) in [5.41, 5.74) is 3.37. The maximum absolute atomic E-state index is 6.47. The summed E-state index contributed by atoms with van der Waals surface area (Å²) in [6.07, 6.45) is 1.96. The molecule has 2 aromatic rings. The third kappa shape index (κ3) is 4.09. The first-order valence-electron chi connectivity index (χ1n) is 7.19. The van der Waals surface area contributed by atoms with E-state index < -0.39 is 0 Å². The molecule has 0 fully saturated rings. The zero-order valence-electron chi connectivity index (χ0n) is 12.7. The second-order valence-corrected chi connectivity index (χ2v) is 6.49. The molecule has 5 heteroatoms. The molecule has 0 bridgehead atoms. The smallest absolute Gasteiger partial charge is 0.0596 e. The van der Waals surface area contributed by atoms with Crippen molar-refractivity contribution in [2.24, 2.45) is 7.05 Å². The van der Waals surface area contributed by atoms with E-state index in [0.29, 0.717) is 0 Å². The summed E-state index contributed by atoms with van der Waals surface area (Å²) < 4.78 is 2.88. The van der Waals surface area contributed by atoms with Gasteiger partial charge in [0.15, 0.2) is 0 Å². The monoisotopic (exact) mass is 369 g/mol. The van der Waals surface area contributed by atoms with Crippen molar-refractivity contribution in [3.63, 3.8) is 0 Å². The molecule has 0 aliphatic heterocycles. The predicted molar refractivity (Wildman–Crippen MR) is 91.8 cm³/mol. The number of hydrogen-bond acceptors (Lipinski definition) is 2. The van der Waals surface area contributed by atoms with Crippen LogP contribution in [0.2, 0.25) is 5.02 Å². The van der Waals surface area contributed by atoms with Crippen molar-refractivity contribution < 1.29 is 0 Å². The fraction of sp³-hybridized carbons (Fsp3) is 0.438. The quantitative estimate of drug-likeness (QED) is 0.815. The molecule has 114 valence electrons. The zero-order valence-corrected chi connectivity index (χ0v) is 15.0. The molecule has 0 aliphatic rings. The van der Waals surface area contributed by atoms with Crippen LogP contribution in [0.15, 0.2) is 28.7 Å². The Balaban J connectivity index is 2.29. The number of nitrogens with zero attached hydrogens (tertiary/aromatic N) is 2. The Hall–Kier alpha value is -0.840. The first kappa shape index (κ1) is 16.5. The summed E-state index contributed by atoms with van der Waals surface area (Å²) in [4.78, 5) is 0. The molecule has 2 rings (SSSR count). The predicted octanol–water partition coefficient (Wildman–Crippen LogP) is 4.43.